The molecule has 1 fully saturated rings. The predicted molar refractivity (Wildman–Crippen MR) is 217 cm³/mol. The number of carbonyl (C=O) groups is 10. The van der Waals surface area contributed by atoms with Crippen molar-refractivity contribution in [1.29, 1.82) is 0 Å². The number of carboxylic acids is 3. The van der Waals surface area contributed by atoms with E-state index >= 15 is 0 Å². The lowest BCUT2D eigenvalue weighted by Crippen LogP contribution is -2.60. The second kappa shape index (κ2) is 29.7. The van der Waals surface area contributed by atoms with Crippen molar-refractivity contribution in [2.24, 2.45) is 22.9 Å². The SMILES string of the molecule is NCCCC[C@H](NC(=O)[C@H](CCCCN)NC(=O)[C@H](CC(=O)O)NC(=O)[C@H](CCCCN)NC(=O)[C@H](CCCCN)NC(=O)[C@@H]1CCC(=O)N1)C(=O)N[C@@H](CC(=O)O)C(=O)O. The summed E-state index contributed by atoms with van der Waals surface area (Å²) in [5, 5.41) is 45.3. The molecule has 18 N–H and O–H groups in total. The summed E-state index contributed by atoms with van der Waals surface area (Å²) >= 11 is 0. The highest BCUT2D eigenvalue weighted by Gasteiger charge is 2.35. The van der Waals surface area contributed by atoms with Gasteiger partial charge in [-0.25, -0.2) is 4.79 Å². The Balaban J connectivity index is 3.35. The lowest BCUT2D eigenvalue weighted by molar-refractivity contribution is -0.147. The number of nitrogens with one attached hydrogen (secondary N) is 7. The Kier molecular flexibility index (Phi) is 26.1. The molecule has 0 aromatic rings. The molecular weight excluding hydrogens is 806 g/mol. The molecule has 0 aliphatic carbocycles. The first-order valence-corrected chi connectivity index (χ1v) is 20.6. The number of hydrogen-bond acceptors (Lipinski definition) is 14. The number of rotatable bonds is 33. The smallest absolute Gasteiger partial charge is 0.326 e. The fraction of sp³-hybridized carbons (Fsp3) is 0.730. The van der Waals surface area contributed by atoms with E-state index in [1.807, 2.05) is 0 Å². The highest BCUT2D eigenvalue weighted by Crippen LogP contribution is 2.11. The van der Waals surface area contributed by atoms with Crippen LogP contribution in [0, 0.1) is 0 Å². The van der Waals surface area contributed by atoms with Crippen LogP contribution < -0.4 is 60.2 Å². The Bertz CT molecular complexity index is 1500. The van der Waals surface area contributed by atoms with Crippen molar-refractivity contribution in [2.45, 2.75) is 145 Å². The Morgan fingerprint density at radius 1 is 0.492 bits per heavy atom. The van der Waals surface area contributed by atoms with Crippen LogP contribution in [0.4, 0.5) is 0 Å². The van der Waals surface area contributed by atoms with Crippen LogP contribution in [0.1, 0.15) is 103 Å². The molecule has 1 saturated heterocycles. The number of carbonyl (C=O) groups excluding carboxylic acids is 7. The second-order valence-corrected chi connectivity index (χ2v) is 14.7. The summed E-state index contributed by atoms with van der Waals surface area (Å²) in [4.78, 5) is 127. The molecule has 61 heavy (non-hydrogen) atoms. The highest BCUT2D eigenvalue weighted by molar-refractivity contribution is 5.98. The number of carboxylic acid groups (broad SMARTS) is 3. The zero-order valence-electron chi connectivity index (χ0n) is 34.4. The number of nitrogens with two attached hydrogens (primary N) is 4. The minimum atomic E-state index is -1.83. The Hall–Kier alpha value is -5.46. The van der Waals surface area contributed by atoms with Crippen molar-refractivity contribution >= 4 is 59.3 Å². The zero-order valence-corrected chi connectivity index (χ0v) is 34.4. The topological polar surface area (TPSA) is 420 Å². The van der Waals surface area contributed by atoms with Gasteiger partial charge in [0, 0.05) is 6.42 Å². The number of aliphatic carboxylic acids is 3. The van der Waals surface area contributed by atoms with Gasteiger partial charge in [0.05, 0.1) is 12.8 Å². The third-order valence-corrected chi connectivity index (χ3v) is 9.64. The Labute approximate surface area is 353 Å². The van der Waals surface area contributed by atoms with Crippen molar-refractivity contribution in [3.63, 3.8) is 0 Å². The van der Waals surface area contributed by atoms with Crippen molar-refractivity contribution in [3.05, 3.63) is 0 Å². The molecule has 0 unspecified atom stereocenters. The van der Waals surface area contributed by atoms with Crippen molar-refractivity contribution in [2.75, 3.05) is 26.2 Å². The van der Waals surface area contributed by atoms with E-state index in [1.165, 1.54) is 0 Å². The van der Waals surface area contributed by atoms with Crippen LogP contribution in [0.5, 0.6) is 0 Å². The average Bonchev–Trinajstić information content (AvgIpc) is 3.64. The molecule has 1 aliphatic heterocycles. The highest BCUT2D eigenvalue weighted by atomic mass is 16.4. The van der Waals surface area contributed by atoms with Gasteiger partial charge < -0.3 is 75.5 Å². The van der Waals surface area contributed by atoms with Crippen LogP contribution in [0.15, 0.2) is 0 Å². The van der Waals surface area contributed by atoms with E-state index in [9.17, 15) is 58.2 Å². The van der Waals surface area contributed by atoms with Gasteiger partial charge in [-0.15, -0.1) is 0 Å². The normalized spacial score (nSPS) is 16.3. The lowest BCUT2D eigenvalue weighted by Gasteiger charge is -2.27. The molecule has 1 heterocycles. The predicted octanol–water partition coefficient (Wildman–Crippen LogP) is -4.28. The van der Waals surface area contributed by atoms with Crippen molar-refractivity contribution in [1.82, 2.24) is 37.2 Å². The second-order valence-electron chi connectivity index (χ2n) is 14.7. The number of unbranched alkanes of at least 4 members (excludes halogenated alkanes) is 4. The Morgan fingerprint density at radius 3 is 1.11 bits per heavy atom. The maximum atomic E-state index is 13.8. The van der Waals surface area contributed by atoms with Crippen molar-refractivity contribution in [3.8, 4) is 0 Å². The molecule has 7 atom stereocenters. The van der Waals surface area contributed by atoms with Gasteiger partial charge in [0.1, 0.15) is 42.3 Å². The van der Waals surface area contributed by atoms with Gasteiger partial charge in [-0.05, 0) is 110 Å². The summed E-state index contributed by atoms with van der Waals surface area (Å²) in [5.74, 6) is -10.4. The summed E-state index contributed by atoms with van der Waals surface area (Å²) in [6, 6.07) is -9.83. The summed E-state index contributed by atoms with van der Waals surface area (Å²) in [5.41, 5.74) is 22.5. The van der Waals surface area contributed by atoms with Gasteiger partial charge in [-0.1, -0.05) is 0 Å². The van der Waals surface area contributed by atoms with Gasteiger partial charge in [0.2, 0.25) is 41.4 Å². The van der Waals surface area contributed by atoms with Crippen molar-refractivity contribution < 1.29 is 63.3 Å². The molecule has 0 bridgehead atoms. The fourth-order valence-corrected chi connectivity index (χ4v) is 6.25. The standard InChI is InChI=1S/C37H65N11O13/c38-15-5-1-9-21(45-35(58)25-13-14-28(49)42-25)31(54)43-23(11-3-7-17-40)33(56)47-26(19-29(50)51)36(59)46-22(10-2-6-16-39)32(55)44-24(12-4-8-18-41)34(57)48-27(37(60)61)20-30(52)53/h21-27H,1-20,38-41H2,(H,42,49)(H,43,54)(H,44,55)(H,45,58)(H,46,59)(H,47,56)(H,48,57)(H,50,51)(H,52,53)(H,60,61)/t21-,22-,23-,24-,25-,26-,27-/m0/s1. The monoisotopic (exact) mass is 871 g/mol. The van der Waals surface area contributed by atoms with Crippen LogP contribution in [-0.4, -0.2) is 143 Å². The molecule has 0 saturated carbocycles. The minimum Gasteiger partial charge on any atom is -0.481 e. The first-order chi connectivity index (χ1) is 29.0. The first kappa shape index (κ1) is 53.6. The molecule has 346 valence electrons. The van der Waals surface area contributed by atoms with E-state index in [0.717, 1.165) is 0 Å². The number of amides is 7. The Morgan fingerprint density at radius 2 is 0.803 bits per heavy atom. The van der Waals surface area contributed by atoms with Gasteiger partial charge in [-0.2, -0.15) is 0 Å². The van der Waals surface area contributed by atoms with Crippen LogP contribution >= 0.6 is 0 Å². The molecule has 0 aromatic carbocycles. The van der Waals surface area contributed by atoms with Gasteiger partial charge in [-0.3, -0.25) is 43.2 Å². The zero-order chi connectivity index (χ0) is 45.9. The quantitative estimate of drug-likeness (QED) is 0.0278. The minimum absolute atomic E-state index is 0.00867. The molecule has 0 spiro atoms. The van der Waals surface area contributed by atoms with Gasteiger partial charge >= 0.3 is 17.9 Å². The van der Waals surface area contributed by atoms with Gasteiger partial charge in [0.15, 0.2) is 0 Å². The lowest BCUT2D eigenvalue weighted by atomic mass is 10.0. The molecule has 1 aliphatic rings. The van der Waals surface area contributed by atoms with E-state index in [0.29, 0.717) is 45.1 Å². The van der Waals surface area contributed by atoms with Crippen LogP contribution in [0.2, 0.25) is 0 Å². The summed E-state index contributed by atoms with van der Waals surface area (Å²) in [6.07, 6.45) is 1.44. The molecular formula is C37H65N11O13. The molecule has 7 amide bonds. The summed E-state index contributed by atoms with van der Waals surface area (Å²) in [6.45, 7) is 0.970. The maximum absolute atomic E-state index is 13.8. The third kappa shape index (κ3) is 21.6. The van der Waals surface area contributed by atoms with E-state index in [4.69, 9.17) is 28.0 Å². The van der Waals surface area contributed by atoms with Crippen LogP contribution in [-0.2, 0) is 47.9 Å². The maximum Gasteiger partial charge on any atom is 0.326 e. The molecule has 24 heteroatoms. The summed E-state index contributed by atoms with van der Waals surface area (Å²) < 4.78 is 0. The third-order valence-electron chi connectivity index (χ3n) is 9.64. The molecule has 24 nitrogen and oxygen atoms in total. The average molecular weight is 872 g/mol. The van der Waals surface area contributed by atoms with E-state index in [1.54, 1.807) is 0 Å². The fourth-order valence-electron chi connectivity index (χ4n) is 6.25. The molecule has 1 rings (SSSR count). The van der Waals surface area contributed by atoms with E-state index in [2.05, 4.69) is 37.2 Å². The molecule has 0 aromatic heterocycles. The largest absolute Gasteiger partial charge is 0.481 e. The van der Waals surface area contributed by atoms with Crippen LogP contribution in [0.3, 0.4) is 0 Å². The number of hydrogen-bond donors (Lipinski definition) is 14. The van der Waals surface area contributed by atoms with E-state index < -0.39 is 108 Å². The summed E-state index contributed by atoms with van der Waals surface area (Å²) in [7, 11) is 0. The van der Waals surface area contributed by atoms with Crippen LogP contribution in [0.25, 0.3) is 0 Å². The van der Waals surface area contributed by atoms with Gasteiger partial charge in [0.25, 0.3) is 0 Å². The molecule has 0 radical (unpaired) electrons. The first-order valence-electron chi connectivity index (χ1n) is 20.6. The van der Waals surface area contributed by atoms with E-state index in [-0.39, 0.29) is 76.9 Å².